The summed E-state index contributed by atoms with van der Waals surface area (Å²) < 4.78 is 0. The third kappa shape index (κ3) is 5.09. The molecule has 0 aromatic heterocycles. The topological polar surface area (TPSA) is 69.6 Å². The summed E-state index contributed by atoms with van der Waals surface area (Å²) in [4.78, 5) is 11.0. The predicted molar refractivity (Wildman–Crippen MR) is 45.6 cm³/mol. The summed E-state index contributed by atoms with van der Waals surface area (Å²) in [6.07, 6.45) is 0.427. The second-order valence-electron chi connectivity index (χ2n) is 3.23. The second-order valence-corrected chi connectivity index (χ2v) is 3.23. The van der Waals surface area contributed by atoms with Crippen LogP contribution in [0.1, 0.15) is 20.3 Å². The molecule has 1 amide bonds. The molecule has 0 aliphatic rings. The summed E-state index contributed by atoms with van der Waals surface area (Å²) in [6, 6.07) is -0.517. The Labute approximate surface area is 72.6 Å². The molecule has 0 radical (unpaired) electrons. The molecule has 3 N–H and O–H groups in total. The molecule has 12 heavy (non-hydrogen) atoms. The maximum absolute atomic E-state index is 11.0. The van der Waals surface area contributed by atoms with E-state index < -0.39 is 6.04 Å². The zero-order valence-corrected chi connectivity index (χ0v) is 7.58. The molecule has 0 aliphatic carbocycles. The van der Waals surface area contributed by atoms with E-state index in [-0.39, 0.29) is 19.1 Å². The van der Waals surface area contributed by atoms with E-state index in [1.165, 1.54) is 0 Å². The first-order valence-electron chi connectivity index (χ1n) is 4.11. The van der Waals surface area contributed by atoms with Crippen molar-refractivity contribution in [3.63, 3.8) is 0 Å². The lowest BCUT2D eigenvalue weighted by Gasteiger charge is -2.13. The highest BCUT2D eigenvalue weighted by Crippen LogP contribution is 1.98. The molecule has 72 valence electrons. The van der Waals surface area contributed by atoms with Crippen molar-refractivity contribution in [2.75, 3.05) is 13.2 Å². The van der Waals surface area contributed by atoms with E-state index in [1.54, 1.807) is 0 Å². The van der Waals surface area contributed by atoms with Crippen LogP contribution >= 0.6 is 0 Å². The van der Waals surface area contributed by atoms with Gasteiger partial charge in [-0.2, -0.15) is 0 Å². The second kappa shape index (κ2) is 5.97. The van der Waals surface area contributed by atoms with Crippen molar-refractivity contribution in [1.82, 2.24) is 5.32 Å². The third-order valence-corrected chi connectivity index (χ3v) is 1.40. The van der Waals surface area contributed by atoms with E-state index >= 15 is 0 Å². The fraction of sp³-hybridized carbons (Fsp3) is 0.875. The van der Waals surface area contributed by atoms with E-state index in [2.05, 4.69) is 5.32 Å². The fourth-order valence-corrected chi connectivity index (χ4v) is 0.806. The van der Waals surface area contributed by atoms with Gasteiger partial charge in [0.2, 0.25) is 5.91 Å². The van der Waals surface area contributed by atoms with Crippen LogP contribution in [0.2, 0.25) is 0 Å². The van der Waals surface area contributed by atoms with Gasteiger partial charge in [0.25, 0.3) is 0 Å². The SMILES string of the molecule is CC(C)CC(=O)NC(CO)CO. The average Bonchev–Trinajstić information content (AvgIpc) is 1.98. The molecule has 0 atom stereocenters. The number of hydrogen-bond acceptors (Lipinski definition) is 3. The van der Waals surface area contributed by atoms with Crippen molar-refractivity contribution in [2.24, 2.45) is 5.92 Å². The lowest BCUT2D eigenvalue weighted by atomic mass is 10.1. The van der Waals surface area contributed by atoms with Gasteiger partial charge in [-0.1, -0.05) is 13.8 Å². The van der Waals surface area contributed by atoms with Crippen LogP contribution in [-0.4, -0.2) is 35.4 Å². The normalized spacial score (nSPS) is 10.8. The quantitative estimate of drug-likeness (QED) is 0.527. The van der Waals surface area contributed by atoms with Crippen LogP contribution < -0.4 is 5.32 Å². The summed E-state index contributed by atoms with van der Waals surface area (Å²) in [5.74, 6) is 0.168. The summed E-state index contributed by atoms with van der Waals surface area (Å²) in [6.45, 7) is 3.43. The van der Waals surface area contributed by atoms with Crippen LogP contribution in [0.25, 0.3) is 0 Å². The minimum atomic E-state index is -0.517. The molecular formula is C8H17NO3. The van der Waals surface area contributed by atoms with Gasteiger partial charge in [0.15, 0.2) is 0 Å². The van der Waals surface area contributed by atoms with Gasteiger partial charge in [0.1, 0.15) is 0 Å². The number of hydrogen-bond donors (Lipinski definition) is 3. The van der Waals surface area contributed by atoms with Crippen molar-refractivity contribution in [2.45, 2.75) is 26.3 Å². The lowest BCUT2D eigenvalue weighted by molar-refractivity contribution is -0.123. The van der Waals surface area contributed by atoms with Gasteiger partial charge in [-0.3, -0.25) is 4.79 Å². The number of carbonyl (C=O) groups excluding carboxylic acids is 1. The molecule has 0 aromatic carbocycles. The first-order valence-corrected chi connectivity index (χ1v) is 4.11. The predicted octanol–water partition coefficient (Wildman–Crippen LogP) is -0.498. The Balaban J connectivity index is 3.66. The number of carbonyl (C=O) groups is 1. The summed E-state index contributed by atoms with van der Waals surface area (Å²) >= 11 is 0. The Morgan fingerprint density at radius 1 is 1.33 bits per heavy atom. The minimum absolute atomic E-state index is 0.127. The first-order chi connectivity index (χ1) is 5.60. The van der Waals surface area contributed by atoms with Crippen LogP contribution in [0.5, 0.6) is 0 Å². The molecule has 4 heteroatoms. The summed E-state index contributed by atoms with van der Waals surface area (Å²) in [5.41, 5.74) is 0. The van der Waals surface area contributed by atoms with Crippen molar-refractivity contribution >= 4 is 5.91 Å². The molecule has 0 aliphatic heterocycles. The molecule has 0 aromatic rings. The summed E-state index contributed by atoms with van der Waals surface area (Å²) in [7, 11) is 0. The maximum Gasteiger partial charge on any atom is 0.220 e. The average molecular weight is 175 g/mol. The molecule has 4 nitrogen and oxygen atoms in total. The molecule has 0 fully saturated rings. The van der Waals surface area contributed by atoms with Gasteiger partial charge in [-0.15, -0.1) is 0 Å². The molecule has 0 unspecified atom stereocenters. The standard InChI is InChI=1S/C8H17NO3/c1-6(2)3-8(12)9-7(4-10)5-11/h6-7,10-11H,3-5H2,1-2H3,(H,9,12). The highest BCUT2D eigenvalue weighted by Gasteiger charge is 2.10. The highest BCUT2D eigenvalue weighted by atomic mass is 16.3. The molecule has 0 saturated heterocycles. The minimum Gasteiger partial charge on any atom is -0.394 e. The van der Waals surface area contributed by atoms with E-state index in [1.807, 2.05) is 13.8 Å². The number of aliphatic hydroxyl groups excluding tert-OH is 2. The Bertz CT molecular complexity index is 132. The van der Waals surface area contributed by atoms with Crippen molar-refractivity contribution in [3.05, 3.63) is 0 Å². The molecular weight excluding hydrogens is 158 g/mol. The van der Waals surface area contributed by atoms with Gasteiger partial charge in [0.05, 0.1) is 19.3 Å². The number of aliphatic hydroxyl groups is 2. The zero-order chi connectivity index (χ0) is 9.56. The lowest BCUT2D eigenvalue weighted by Crippen LogP contribution is -2.40. The molecule has 0 bridgehead atoms. The van der Waals surface area contributed by atoms with Crippen LogP contribution in [0, 0.1) is 5.92 Å². The monoisotopic (exact) mass is 175 g/mol. The van der Waals surface area contributed by atoms with Gasteiger partial charge >= 0.3 is 0 Å². The number of rotatable bonds is 5. The Hall–Kier alpha value is -0.610. The van der Waals surface area contributed by atoms with Gasteiger partial charge in [-0.05, 0) is 5.92 Å². The molecule has 0 heterocycles. The maximum atomic E-state index is 11.0. The van der Waals surface area contributed by atoms with Gasteiger partial charge in [0, 0.05) is 6.42 Å². The van der Waals surface area contributed by atoms with E-state index in [9.17, 15) is 4.79 Å². The van der Waals surface area contributed by atoms with Crippen LogP contribution in [-0.2, 0) is 4.79 Å². The van der Waals surface area contributed by atoms with E-state index in [4.69, 9.17) is 10.2 Å². The Kier molecular flexibility index (Phi) is 5.66. The first kappa shape index (κ1) is 11.4. The third-order valence-electron chi connectivity index (χ3n) is 1.40. The van der Waals surface area contributed by atoms with Crippen LogP contribution in [0.15, 0.2) is 0 Å². The smallest absolute Gasteiger partial charge is 0.220 e. The number of nitrogens with one attached hydrogen (secondary N) is 1. The van der Waals surface area contributed by atoms with Crippen molar-refractivity contribution in [3.8, 4) is 0 Å². The molecule has 0 spiro atoms. The largest absolute Gasteiger partial charge is 0.394 e. The molecule has 0 rings (SSSR count). The van der Waals surface area contributed by atoms with Gasteiger partial charge in [-0.25, -0.2) is 0 Å². The molecule has 0 saturated carbocycles. The number of amides is 1. The van der Waals surface area contributed by atoms with Crippen LogP contribution in [0.4, 0.5) is 0 Å². The van der Waals surface area contributed by atoms with Crippen molar-refractivity contribution < 1.29 is 15.0 Å². The Morgan fingerprint density at radius 2 is 1.83 bits per heavy atom. The van der Waals surface area contributed by atoms with E-state index in [0.29, 0.717) is 12.3 Å². The zero-order valence-electron chi connectivity index (χ0n) is 7.58. The fourth-order valence-electron chi connectivity index (χ4n) is 0.806. The van der Waals surface area contributed by atoms with Crippen LogP contribution in [0.3, 0.4) is 0 Å². The highest BCUT2D eigenvalue weighted by molar-refractivity contribution is 5.76. The summed E-state index contributed by atoms with van der Waals surface area (Å²) in [5, 5.41) is 19.8. The Morgan fingerprint density at radius 3 is 2.17 bits per heavy atom. The van der Waals surface area contributed by atoms with E-state index in [0.717, 1.165) is 0 Å². The van der Waals surface area contributed by atoms with Crippen molar-refractivity contribution in [1.29, 1.82) is 0 Å². The van der Waals surface area contributed by atoms with Gasteiger partial charge < -0.3 is 15.5 Å².